The van der Waals surface area contributed by atoms with E-state index in [0.717, 1.165) is 0 Å². The van der Waals surface area contributed by atoms with Crippen LogP contribution in [0.1, 0.15) is 30.8 Å². The molecule has 1 aromatic carbocycles. The van der Waals surface area contributed by atoms with Crippen LogP contribution in [0.5, 0.6) is 5.75 Å². The van der Waals surface area contributed by atoms with Crippen LogP contribution >= 0.6 is 11.6 Å². The molecule has 0 spiro atoms. The van der Waals surface area contributed by atoms with E-state index in [0.29, 0.717) is 41.3 Å². The third-order valence-corrected chi connectivity index (χ3v) is 6.33. The molecule has 4 rings (SSSR count). The van der Waals surface area contributed by atoms with E-state index in [9.17, 15) is 9.59 Å². The fourth-order valence-electron chi connectivity index (χ4n) is 5.03. The van der Waals surface area contributed by atoms with Gasteiger partial charge in [-0.3, -0.25) is 9.59 Å². The Bertz CT molecular complexity index is 949. The van der Waals surface area contributed by atoms with Crippen molar-refractivity contribution < 1.29 is 23.5 Å². The van der Waals surface area contributed by atoms with Crippen molar-refractivity contribution in [1.82, 2.24) is 4.90 Å². The first-order valence-electron chi connectivity index (χ1n) is 8.86. The predicted molar refractivity (Wildman–Crippen MR) is 100 cm³/mol. The number of ether oxygens (including phenoxy) is 2. The van der Waals surface area contributed by atoms with Crippen LogP contribution in [0.2, 0.25) is 5.02 Å². The Labute approximate surface area is 162 Å². The van der Waals surface area contributed by atoms with Crippen LogP contribution in [0.3, 0.4) is 0 Å². The van der Waals surface area contributed by atoms with Gasteiger partial charge < -0.3 is 18.8 Å². The molecule has 1 aliphatic carbocycles. The van der Waals surface area contributed by atoms with Gasteiger partial charge >= 0.3 is 5.97 Å². The summed E-state index contributed by atoms with van der Waals surface area (Å²) in [4.78, 5) is 27.2. The van der Waals surface area contributed by atoms with Crippen LogP contribution in [0.25, 0.3) is 11.0 Å². The molecule has 144 valence electrons. The molecule has 2 fully saturated rings. The number of furan rings is 1. The largest absolute Gasteiger partial charge is 0.493 e. The number of amides is 1. The average molecular weight is 392 g/mol. The molecule has 2 aliphatic rings. The number of esters is 1. The quantitative estimate of drug-likeness (QED) is 0.745. The number of hydrogen-bond donors (Lipinski definition) is 0. The summed E-state index contributed by atoms with van der Waals surface area (Å²) in [5, 5.41) is 1.21. The molecule has 0 unspecified atom stereocenters. The molecule has 1 aliphatic heterocycles. The molecule has 2 aromatic rings. The van der Waals surface area contributed by atoms with Gasteiger partial charge in [-0.15, -0.1) is 0 Å². The zero-order chi connectivity index (χ0) is 19.6. The van der Waals surface area contributed by atoms with E-state index < -0.39 is 5.41 Å². The Morgan fingerprint density at radius 1 is 1.26 bits per heavy atom. The fraction of sp³-hybridized carbons (Fsp3) is 0.500. The van der Waals surface area contributed by atoms with Crippen LogP contribution in [0.4, 0.5) is 0 Å². The van der Waals surface area contributed by atoms with Crippen LogP contribution in [0, 0.1) is 16.7 Å². The second kappa shape index (κ2) is 5.89. The lowest BCUT2D eigenvalue weighted by molar-refractivity contribution is -0.174. The van der Waals surface area contributed by atoms with Gasteiger partial charge in [-0.2, -0.15) is 0 Å². The van der Waals surface area contributed by atoms with E-state index in [1.807, 2.05) is 0 Å². The molecule has 27 heavy (non-hydrogen) atoms. The van der Waals surface area contributed by atoms with Crippen molar-refractivity contribution in [3.63, 3.8) is 0 Å². The third kappa shape index (κ3) is 2.53. The number of nitrogens with zero attached hydrogens (tertiary/aromatic N) is 1. The van der Waals surface area contributed by atoms with Gasteiger partial charge in [0.05, 0.1) is 19.6 Å². The maximum atomic E-state index is 13.1. The summed E-state index contributed by atoms with van der Waals surface area (Å²) < 4.78 is 16.1. The number of hydrogen-bond acceptors (Lipinski definition) is 5. The predicted octanol–water partition coefficient (Wildman–Crippen LogP) is 3.76. The number of benzene rings is 1. The Kier molecular flexibility index (Phi) is 3.97. The lowest BCUT2D eigenvalue weighted by Crippen LogP contribution is -2.57. The number of carbonyl (C=O) groups excluding carboxylic acids is 2. The average Bonchev–Trinajstić information content (AvgIpc) is 3.19. The lowest BCUT2D eigenvalue weighted by atomic mass is 9.48. The van der Waals surface area contributed by atoms with Crippen molar-refractivity contribution >= 4 is 34.4 Å². The van der Waals surface area contributed by atoms with Crippen molar-refractivity contribution in [2.24, 2.45) is 16.7 Å². The highest BCUT2D eigenvalue weighted by Gasteiger charge is 2.68. The van der Waals surface area contributed by atoms with Crippen molar-refractivity contribution in [2.75, 3.05) is 27.3 Å². The number of rotatable bonds is 3. The minimum Gasteiger partial charge on any atom is -0.493 e. The zero-order valence-electron chi connectivity index (χ0n) is 15.8. The summed E-state index contributed by atoms with van der Waals surface area (Å²) in [5.41, 5.74) is -0.134. The molecule has 1 aromatic heterocycles. The minimum atomic E-state index is -0.610. The van der Waals surface area contributed by atoms with E-state index in [1.165, 1.54) is 14.2 Å². The van der Waals surface area contributed by atoms with E-state index in [-0.39, 0.29) is 29.0 Å². The third-order valence-electron chi connectivity index (χ3n) is 6.11. The fourth-order valence-corrected chi connectivity index (χ4v) is 5.24. The standard InChI is InChI=1S/C20H22ClNO5/c1-19(2)9-20(18(24)26-4)10-22(8-15(19)20)17(23)14-6-11-5-12(21)7-13(25-3)16(11)27-14/h5-7,15H,8-10H2,1-4H3/t15-,20+/m1/s1. The monoisotopic (exact) mass is 391 g/mol. The maximum Gasteiger partial charge on any atom is 0.314 e. The summed E-state index contributed by atoms with van der Waals surface area (Å²) >= 11 is 6.10. The Morgan fingerprint density at radius 3 is 2.63 bits per heavy atom. The highest BCUT2D eigenvalue weighted by atomic mass is 35.5. The van der Waals surface area contributed by atoms with Crippen molar-refractivity contribution in [2.45, 2.75) is 20.3 Å². The van der Waals surface area contributed by atoms with Gasteiger partial charge in [0.1, 0.15) is 0 Å². The first-order chi connectivity index (χ1) is 12.7. The zero-order valence-corrected chi connectivity index (χ0v) is 16.6. The van der Waals surface area contributed by atoms with Crippen LogP contribution in [-0.2, 0) is 9.53 Å². The van der Waals surface area contributed by atoms with E-state index in [4.69, 9.17) is 25.5 Å². The van der Waals surface area contributed by atoms with Gasteiger partial charge in [-0.25, -0.2) is 0 Å². The second-order valence-electron chi connectivity index (χ2n) is 8.19. The lowest BCUT2D eigenvalue weighted by Gasteiger charge is -2.54. The second-order valence-corrected chi connectivity index (χ2v) is 8.62. The molecule has 0 N–H and O–H groups in total. The van der Waals surface area contributed by atoms with Gasteiger partial charge in [-0.05, 0) is 29.9 Å². The smallest absolute Gasteiger partial charge is 0.314 e. The number of carbonyl (C=O) groups is 2. The molecule has 0 bridgehead atoms. The minimum absolute atomic E-state index is 0.00611. The van der Waals surface area contributed by atoms with Crippen LogP contribution < -0.4 is 4.74 Å². The molecule has 1 saturated carbocycles. The molecular formula is C20H22ClNO5. The Hall–Kier alpha value is -2.21. The SMILES string of the molecule is COC(=O)[C@@]12CN(C(=O)c3cc4cc(Cl)cc(OC)c4o3)C[C@@H]1C(C)(C)C2. The highest BCUT2D eigenvalue weighted by molar-refractivity contribution is 6.31. The molecule has 1 saturated heterocycles. The van der Waals surface area contributed by atoms with E-state index in [2.05, 4.69) is 13.8 Å². The maximum absolute atomic E-state index is 13.1. The van der Waals surface area contributed by atoms with Crippen LogP contribution in [-0.4, -0.2) is 44.1 Å². The molecular weight excluding hydrogens is 370 g/mol. The summed E-state index contributed by atoms with van der Waals surface area (Å²) in [6.07, 6.45) is 0.713. The van der Waals surface area contributed by atoms with Crippen molar-refractivity contribution in [3.8, 4) is 5.75 Å². The number of methoxy groups -OCH3 is 2. The molecule has 2 heterocycles. The van der Waals surface area contributed by atoms with Gasteiger partial charge in [-0.1, -0.05) is 25.4 Å². The van der Waals surface area contributed by atoms with E-state index >= 15 is 0 Å². The molecule has 6 nitrogen and oxygen atoms in total. The van der Waals surface area contributed by atoms with Gasteiger partial charge in [0.25, 0.3) is 5.91 Å². The van der Waals surface area contributed by atoms with Gasteiger partial charge in [0, 0.05) is 29.6 Å². The van der Waals surface area contributed by atoms with Crippen molar-refractivity contribution in [3.05, 3.63) is 29.0 Å². The highest BCUT2D eigenvalue weighted by Crippen LogP contribution is 2.63. The van der Waals surface area contributed by atoms with Gasteiger partial charge in [0.2, 0.25) is 0 Å². The molecule has 2 atom stereocenters. The van der Waals surface area contributed by atoms with E-state index in [1.54, 1.807) is 23.1 Å². The topological polar surface area (TPSA) is 69.0 Å². The number of fused-ring (bicyclic) bond motifs is 2. The summed E-state index contributed by atoms with van der Waals surface area (Å²) in [6.45, 7) is 5.11. The van der Waals surface area contributed by atoms with Crippen LogP contribution in [0.15, 0.2) is 22.6 Å². The number of likely N-dealkylation sites (tertiary alicyclic amines) is 1. The van der Waals surface area contributed by atoms with Crippen molar-refractivity contribution in [1.29, 1.82) is 0 Å². The summed E-state index contributed by atoms with van der Waals surface area (Å²) in [6, 6.07) is 5.04. The Balaban J connectivity index is 1.66. The number of halogens is 1. The summed E-state index contributed by atoms with van der Waals surface area (Å²) in [5.74, 6) is 0.294. The first kappa shape index (κ1) is 18.2. The van der Waals surface area contributed by atoms with Gasteiger partial charge in [0.15, 0.2) is 17.1 Å². The molecule has 7 heteroatoms. The summed E-state index contributed by atoms with van der Waals surface area (Å²) in [7, 11) is 2.93. The molecule has 1 amide bonds. The normalized spacial score (nSPS) is 25.8. The Morgan fingerprint density at radius 2 is 2.00 bits per heavy atom. The first-order valence-corrected chi connectivity index (χ1v) is 9.24. The molecule has 0 radical (unpaired) electrons.